The van der Waals surface area contributed by atoms with Crippen LogP contribution in [-0.2, 0) is 75.0 Å². The minimum absolute atomic E-state index is 0. The van der Waals surface area contributed by atoms with Crippen LogP contribution >= 0.6 is 0 Å². The van der Waals surface area contributed by atoms with Crippen molar-refractivity contribution in [3.8, 4) is 12.8 Å². The number of aliphatic hydroxyl groups is 2. The molecular formula is C22H32N2O4Y2. The number of piperidine rings is 8. The SMILES string of the molecule is C#C.O=C1CN2C3CC(O)CC2CC1C3.O=C1CN2C3CC(O)CC2CC1C3.[Y].[Y]. The first-order valence-corrected chi connectivity index (χ1v) is 10.7. The Morgan fingerprint density at radius 1 is 0.600 bits per heavy atom. The largest absolute Gasteiger partial charge is 0.393 e. The zero-order valence-corrected chi connectivity index (χ0v) is 23.3. The Balaban J connectivity index is 0.000000186. The van der Waals surface area contributed by atoms with E-state index in [1.54, 1.807) is 0 Å². The summed E-state index contributed by atoms with van der Waals surface area (Å²) in [7, 11) is 0. The van der Waals surface area contributed by atoms with Gasteiger partial charge in [0.25, 0.3) is 0 Å². The number of fused-ring (bicyclic) bond motifs is 2. The second-order valence-electron chi connectivity index (χ2n) is 9.48. The van der Waals surface area contributed by atoms with Crippen LogP contribution in [-0.4, -0.2) is 81.0 Å². The predicted octanol–water partition coefficient (Wildman–Crippen LogP) is 0.590. The average molecular weight is 566 g/mol. The van der Waals surface area contributed by atoms with Crippen LogP contribution in [0.25, 0.3) is 0 Å². The maximum atomic E-state index is 11.5. The van der Waals surface area contributed by atoms with E-state index in [1.165, 1.54) is 0 Å². The number of hydrogen-bond acceptors (Lipinski definition) is 6. The summed E-state index contributed by atoms with van der Waals surface area (Å²) in [5, 5.41) is 19.2. The molecule has 8 bridgehead atoms. The number of ketones is 2. The van der Waals surface area contributed by atoms with Gasteiger partial charge in [-0.2, -0.15) is 0 Å². The van der Waals surface area contributed by atoms with E-state index in [4.69, 9.17) is 0 Å². The fourth-order valence-corrected chi connectivity index (χ4v) is 6.68. The van der Waals surface area contributed by atoms with Gasteiger partial charge in [-0.1, -0.05) is 0 Å². The van der Waals surface area contributed by atoms with E-state index in [1.807, 2.05) is 0 Å². The zero-order chi connectivity index (χ0) is 20.0. The topological polar surface area (TPSA) is 81.1 Å². The molecule has 0 aliphatic carbocycles. The summed E-state index contributed by atoms with van der Waals surface area (Å²) >= 11 is 0. The fraction of sp³-hybridized carbons (Fsp3) is 0.818. The van der Waals surface area contributed by atoms with Crippen molar-refractivity contribution in [1.82, 2.24) is 9.80 Å². The van der Waals surface area contributed by atoms with Crippen LogP contribution in [0.3, 0.4) is 0 Å². The number of carbonyl (C=O) groups is 2. The summed E-state index contributed by atoms with van der Waals surface area (Å²) in [5.74, 6) is 1.52. The van der Waals surface area contributed by atoms with E-state index in [2.05, 4.69) is 22.6 Å². The van der Waals surface area contributed by atoms with Crippen LogP contribution in [0.15, 0.2) is 0 Å². The van der Waals surface area contributed by atoms with Crippen LogP contribution in [0.2, 0.25) is 0 Å². The maximum absolute atomic E-state index is 11.5. The van der Waals surface area contributed by atoms with Crippen molar-refractivity contribution in [3.63, 3.8) is 0 Å². The summed E-state index contributed by atoms with van der Waals surface area (Å²) < 4.78 is 0. The molecule has 0 aromatic carbocycles. The third kappa shape index (κ3) is 5.36. The van der Waals surface area contributed by atoms with Gasteiger partial charge in [0.1, 0.15) is 11.6 Å². The fourth-order valence-electron chi connectivity index (χ4n) is 6.68. The molecule has 0 saturated carbocycles. The van der Waals surface area contributed by atoms with Crippen molar-refractivity contribution < 1.29 is 85.2 Å². The van der Waals surface area contributed by atoms with Crippen LogP contribution in [0.5, 0.6) is 0 Å². The number of aliphatic hydroxyl groups excluding tert-OH is 2. The molecule has 0 aromatic heterocycles. The van der Waals surface area contributed by atoms with Crippen molar-refractivity contribution in [1.29, 1.82) is 0 Å². The smallest absolute Gasteiger partial charge is 0.150 e. The molecule has 0 spiro atoms. The number of carbonyl (C=O) groups excluding carboxylic acids is 2. The molecule has 4 unspecified atom stereocenters. The number of Topliss-reactive ketones (excluding diaryl/α,β-unsaturated/α-hetero) is 2. The summed E-state index contributed by atoms with van der Waals surface area (Å²) in [5.41, 5.74) is 0. The summed E-state index contributed by atoms with van der Waals surface area (Å²) in [6, 6.07) is 2.02. The summed E-state index contributed by atoms with van der Waals surface area (Å²) in [6.07, 6.45) is 15.4. The average Bonchev–Trinajstić information content (AvgIpc) is 2.64. The Hall–Kier alpha value is 0.948. The third-order valence-corrected chi connectivity index (χ3v) is 7.87. The second kappa shape index (κ2) is 11.4. The standard InChI is InChI=1S/2C10H15NO2.C2H2.2Y/c2*12-9-3-7-1-6-2-8(4-9)11(7)5-10(6)13;1-2;;/h2*6-9,12H,1-5H2;1-2H;;. The summed E-state index contributed by atoms with van der Waals surface area (Å²) in [4.78, 5) is 27.6. The van der Waals surface area contributed by atoms with Crippen molar-refractivity contribution in [2.45, 2.75) is 87.7 Å². The first-order valence-electron chi connectivity index (χ1n) is 10.7. The number of rotatable bonds is 0. The molecule has 160 valence electrons. The van der Waals surface area contributed by atoms with E-state index in [0.717, 1.165) is 51.4 Å². The minimum atomic E-state index is -0.111. The number of terminal acetylenes is 1. The van der Waals surface area contributed by atoms with Gasteiger partial charge in [0.15, 0.2) is 0 Å². The Labute approximate surface area is 230 Å². The van der Waals surface area contributed by atoms with Gasteiger partial charge in [-0.25, -0.2) is 0 Å². The summed E-state index contributed by atoms with van der Waals surface area (Å²) in [6.45, 7) is 1.32. The van der Waals surface area contributed by atoms with E-state index in [0.29, 0.717) is 60.7 Å². The number of nitrogens with zero attached hydrogens (tertiary/aromatic N) is 2. The molecule has 8 heteroatoms. The first kappa shape index (κ1) is 27.2. The Bertz CT molecular complexity index is 576. The van der Waals surface area contributed by atoms with Crippen LogP contribution < -0.4 is 0 Å². The van der Waals surface area contributed by atoms with Gasteiger partial charge in [-0.15, -0.1) is 12.8 Å². The van der Waals surface area contributed by atoms with E-state index >= 15 is 0 Å². The molecule has 0 aromatic rings. The molecule has 2 radical (unpaired) electrons. The van der Waals surface area contributed by atoms with E-state index in [-0.39, 0.29) is 77.6 Å². The molecule has 4 atom stereocenters. The van der Waals surface area contributed by atoms with Crippen molar-refractivity contribution in [2.24, 2.45) is 11.8 Å². The molecule has 30 heavy (non-hydrogen) atoms. The van der Waals surface area contributed by atoms with Gasteiger partial charge >= 0.3 is 0 Å². The van der Waals surface area contributed by atoms with Gasteiger partial charge in [0.05, 0.1) is 25.3 Å². The zero-order valence-electron chi connectivity index (χ0n) is 17.6. The quantitative estimate of drug-likeness (QED) is 0.419. The molecular weight excluding hydrogens is 534 g/mol. The van der Waals surface area contributed by atoms with E-state index in [9.17, 15) is 19.8 Å². The van der Waals surface area contributed by atoms with Gasteiger partial charge in [0.2, 0.25) is 0 Å². The first-order chi connectivity index (χ1) is 13.5. The van der Waals surface area contributed by atoms with Gasteiger partial charge in [0, 0.05) is 101 Å². The Morgan fingerprint density at radius 2 is 0.867 bits per heavy atom. The molecule has 6 nitrogen and oxygen atoms in total. The molecule has 2 N–H and O–H groups in total. The number of hydrogen-bond donors (Lipinski definition) is 2. The molecule has 8 heterocycles. The van der Waals surface area contributed by atoms with Crippen LogP contribution in [0.1, 0.15) is 51.4 Å². The molecule has 8 rings (SSSR count). The Morgan fingerprint density at radius 3 is 1.10 bits per heavy atom. The molecule has 8 aliphatic heterocycles. The normalized spacial score (nSPS) is 46.8. The monoisotopic (exact) mass is 566 g/mol. The predicted molar refractivity (Wildman–Crippen MR) is 104 cm³/mol. The van der Waals surface area contributed by atoms with E-state index < -0.39 is 0 Å². The van der Waals surface area contributed by atoms with Crippen molar-refractivity contribution in [3.05, 3.63) is 0 Å². The second-order valence-corrected chi connectivity index (χ2v) is 9.48. The van der Waals surface area contributed by atoms with Crippen LogP contribution in [0.4, 0.5) is 0 Å². The molecule has 8 aliphatic rings. The molecule has 8 fully saturated rings. The maximum Gasteiger partial charge on any atom is 0.150 e. The van der Waals surface area contributed by atoms with Crippen LogP contribution in [0, 0.1) is 24.7 Å². The van der Waals surface area contributed by atoms with Crippen molar-refractivity contribution >= 4 is 11.6 Å². The van der Waals surface area contributed by atoms with Gasteiger partial charge < -0.3 is 10.2 Å². The van der Waals surface area contributed by atoms with Crippen molar-refractivity contribution in [2.75, 3.05) is 13.1 Å². The molecule has 8 saturated heterocycles. The van der Waals surface area contributed by atoms with Gasteiger partial charge in [-0.3, -0.25) is 19.4 Å². The molecule has 0 amide bonds. The third-order valence-electron chi connectivity index (χ3n) is 7.87. The minimum Gasteiger partial charge on any atom is -0.393 e. The Kier molecular flexibility index (Phi) is 10.3. The van der Waals surface area contributed by atoms with Gasteiger partial charge in [-0.05, 0) is 51.4 Å².